The van der Waals surface area contributed by atoms with Crippen LogP contribution in [0, 0.1) is 11.8 Å². The van der Waals surface area contributed by atoms with Crippen LogP contribution >= 0.6 is 0 Å². The highest BCUT2D eigenvalue weighted by Gasteiger charge is 2.34. The molecule has 0 spiro atoms. The molecule has 0 unspecified atom stereocenters. The van der Waals surface area contributed by atoms with Gasteiger partial charge in [-0.3, -0.25) is 4.79 Å². The van der Waals surface area contributed by atoms with Crippen LogP contribution in [0.3, 0.4) is 0 Å². The molecular formula is C28H40N2O3. The first kappa shape index (κ1) is 25.2. The Hall–Kier alpha value is -2.43. The number of Topliss-reactive ketones (excluding diaryl/α,β-unsaturated/α-hetero) is 1. The third kappa shape index (κ3) is 7.28. The zero-order valence-electron chi connectivity index (χ0n) is 20.9. The van der Waals surface area contributed by atoms with E-state index in [1.165, 1.54) is 5.57 Å². The fraction of sp³-hybridized carbons (Fsp3) is 0.607. The van der Waals surface area contributed by atoms with Gasteiger partial charge in [-0.25, -0.2) is 9.78 Å². The highest BCUT2D eigenvalue weighted by atomic mass is 16.6. The summed E-state index contributed by atoms with van der Waals surface area (Å²) in [7, 11) is 0. The number of ketones is 1. The molecule has 5 nitrogen and oxygen atoms in total. The molecule has 2 saturated carbocycles. The van der Waals surface area contributed by atoms with Gasteiger partial charge in [-0.1, -0.05) is 31.2 Å². The van der Waals surface area contributed by atoms with Crippen LogP contribution in [0.2, 0.25) is 0 Å². The number of aromatic nitrogens is 1. The summed E-state index contributed by atoms with van der Waals surface area (Å²) in [6.45, 7) is 9.99. The molecule has 1 aromatic heterocycles. The van der Waals surface area contributed by atoms with E-state index in [0.29, 0.717) is 23.2 Å². The van der Waals surface area contributed by atoms with Crippen molar-refractivity contribution in [2.24, 2.45) is 11.8 Å². The minimum absolute atomic E-state index is 0.0359. The van der Waals surface area contributed by atoms with Crippen molar-refractivity contribution < 1.29 is 14.3 Å². The molecule has 5 heteroatoms. The lowest BCUT2D eigenvalue weighted by atomic mass is 9.75. The molecule has 1 amide bonds. The molecule has 2 aliphatic rings. The van der Waals surface area contributed by atoms with Gasteiger partial charge in [-0.15, -0.1) is 0 Å². The summed E-state index contributed by atoms with van der Waals surface area (Å²) in [4.78, 5) is 30.3. The van der Waals surface area contributed by atoms with Crippen molar-refractivity contribution in [3.63, 3.8) is 0 Å². The second-order valence-electron chi connectivity index (χ2n) is 10.4. The number of alkyl carbamates (subject to hydrolysis) is 1. The molecule has 0 bridgehead atoms. The molecule has 2 aliphatic carbocycles. The zero-order valence-corrected chi connectivity index (χ0v) is 20.9. The molecule has 0 atom stereocenters. The van der Waals surface area contributed by atoms with E-state index in [4.69, 9.17) is 9.72 Å². The van der Waals surface area contributed by atoms with Crippen LogP contribution < -0.4 is 5.32 Å². The van der Waals surface area contributed by atoms with Crippen molar-refractivity contribution in [3.05, 3.63) is 52.9 Å². The fourth-order valence-corrected chi connectivity index (χ4v) is 4.69. The van der Waals surface area contributed by atoms with E-state index in [0.717, 1.165) is 50.5 Å². The molecule has 0 aromatic carbocycles. The lowest BCUT2D eigenvalue weighted by molar-refractivity contribution is 0.0523. The first-order valence-corrected chi connectivity index (χ1v) is 12.6. The maximum absolute atomic E-state index is 13.6. The first-order chi connectivity index (χ1) is 15.7. The lowest BCUT2D eigenvalue weighted by Gasteiger charge is -2.29. The van der Waals surface area contributed by atoms with Crippen LogP contribution in [-0.4, -0.2) is 22.5 Å². The van der Waals surface area contributed by atoms with Crippen LogP contribution in [-0.2, 0) is 11.3 Å². The molecule has 3 rings (SSSR count). The number of nitrogens with zero attached hydrogens (tertiary/aromatic N) is 1. The third-order valence-electron chi connectivity index (χ3n) is 6.42. The maximum Gasteiger partial charge on any atom is 0.407 e. The Labute approximate surface area is 199 Å². The van der Waals surface area contributed by atoms with Crippen molar-refractivity contribution in [1.82, 2.24) is 10.3 Å². The first-order valence-electron chi connectivity index (χ1n) is 12.6. The number of pyridine rings is 1. The SMILES string of the molecule is C/C=C\C(=C/CC)C1CCC(C(=O)c2nc(CNC(=O)OC(C)(C)C)ccc2C2CC2)CC1. The monoisotopic (exact) mass is 452 g/mol. The van der Waals surface area contributed by atoms with E-state index in [9.17, 15) is 9.59 Å². The summed E-state index contributed by atoms with van der Waals surface area (Å²) in [6.07, 6.45) is 13.4. The van der Waals surface area contributed by atoms with Gasteiger partial charge in [0.25, 0.3) is 0 Å². The Kier molecular flexibility index (Phi) is 8.50. The number of hydrogen-bond acceptors (Lipinski definition) is 4. The molecule has 1 N–H and O–H groups in total. The van der Waals surface area contributed by atoms with Gasteiger partial charge in [0.05, 0.1) is 12.2 Å². The number of allylic oxidation sites excluding steroid dienone is 4. The van der Waals surface area contributed by atoms with Gasteiger partial charge in [0, 0.05) is 5.92 Å². The van der Waals surface area contributed by atoms with Crippen molar-refractivity contribution >= 4 is 11.9 Å². The number of carbonyl (C=O) groups excluding carboxylic acids is 2. The maximum atomic E-state index is 13.6. The smallest absolute Gasteiger partial charge is 0.407 e. The van der Waals surface area contributed by atoms with Crippen LogP contribution in [0.25, 0.3) is 0 Å². The number of amides is 1. The van der Waals surface area contributed by atoms with Gasteiger partial charge in [-0.05, 0) is 102 Å². The number of hydrogen-bond donors (Lipinski definition) is 1. The molecular weight excluding hydrogens is 412 g/mol. The Morgan fingerprint density at radius 2 is 1.76 bits per heavy atom. The van der Waals surface area contributed by atoms with E-state index < -0.39 is 11.7 Å². The number of ether oxygens (including phenoxy) is 1. The summed E-state index contributed by atoms with van der Waals surface area (Å²) in [5, 5.41) is 2.76. The molecule has 0 aliphatic heterocycles. The zero-order chi connectivity index (χ0) is 24.0. The highest BCUT2D eigenvalue weighted by molar-refractivity contribution is 5.97. The lowest BCUT2D eigenvalue weighted by Crippen LogP contribution is -2.32. The van der Waals surface area contributed by atoms with Crippen molar-refractivity contribution in [1.29, 1.82) is 0 Å². The second-order valence-corrected chi connectivity index (χ2v) is 10.4. The van der Waals surface area contributed by atoms with E-state index in [-0.39, 0.29) is 18.2 Å². The highest BCUT2D eigenvalue weighted by Crippen LogP contribution is 2.43. The van der Waals surface area contributed by atoms with Gasteiger partial charge >= 0.3 is 6.09 Å². The Morgan fingerprint density at radius 3 is 2.33 bits per heavy atom. The minimum Gasteiger partial charge on any atom is -0.444 e. The average molecular weight is 453 g/mol. The van der Waals surface area contributed by atoms with Gasteiger partial charge in [0.1, 0.15) is 11.3 Å². The van der Waals surface area contributed by atoms with Crippen LogP contribution in [0.1, 0.15) is 107 Å². The Bertz CT molecular complexity index is 898. The average Bonchev–Trinajstić information content (AvgIpc) is 3.61. The quantitative estimate of drug-likeness (QED) is 0.345. The van der Waals surface area contributed by atoms with Crippen LogP contribution in [0.15, 0.2) is 35.9 Å². The van der Waals surface area contributed by atoms with E-state index >= 15 is 0 Å². The standard InChI is InChI=1S/C28H40N2O3/c1-6-8-19(9-7-2)20-10-14-22(15-11-20)26(31)25-24(21-12-13-21)17-16-23(30-25)18-29-27(32)33-28(3,4)5/h6,8-9,16-17,20-22H,7,10-15,18H2,1-5H3,(H,29,32)/b8-6-,19-9+. The molecule has 180 valence electrons. The van der Waals surface area contributed by atoms with Gasteiger partial charge in [0.2, 0.25) is 0 Å². The predicted molar refractivity (Wildman–Crippen MR) is 132 cm³/mol. The van der Waals surface area contributed by atoms with Gasteiger partial charge < -0.3 is 10.1 Å². The van der Waals surface area contributed by atoms with Crippen molar-refractivity contribution in [2.75, 3.05) is 0 Å². The molecule has 1 heterocycles. The fourth-order valence-electron chi connectivity index (χ4n) is 4.69. The van der Waals surface area contributed by atoms with Crippen molar-refractivity contribution in [3.8, 4) is 0 Å². The minimum atomic E-state index is -0.549. The molecule has 2 fully saturated rings. The third-order valence-corrected chi connectivity index (χ3v) is 6.42. The Balaban J connectivity index is 1.68. The molecule has 1 aromatic rings. The van der Waals surface area contributed by atoms with Crippen LogP contribution in [0.5, 0.6) is 0 Å². The molecule has 0 saturated heterocycles. The van der Waals surface area contributed by atoms with E-state index in [2.05, 4.69) is 37.4 Å². The van der Waals surface area contributed by atoms with E-state index in [1.54, 1.807) is 0 Å². The van der Waals surface area contributed by atoms with Crippen LogP contribution in [0.4, 0.5) is 4.79 Å². The molecule has 33 heavy (non-hydrogen) atoms. The topological polar surface area (TPSA) is 68.3 Å². The van der Waals surface area contributed by atoms with E-state index in [1.807, 2.05) is 32.9 Å². The predicted octanol–water partition coefficient (Wildman–Crippen LogP) is 6.89. The van der Waals surface area contributed by atoms with Gasteiger partial charge in [0.15, 0.2) is 5.78 Å². The van der Waals surface area contributed by atoms with Crippen molar-refractivity contribution in [2.45, 2.75) is 97.6 Å². The summed E-state index contributed by atoms with van der Waals surface area (Å²) in [5.41, 5.74) is 3.28. The normalized spacial score (nSPS) is 21.8. The summed E-state index contributed by atoms with van der Waals surface area (Å²) in [5.74, 6) is 1.22. The summed E-state index contributed by atoms with van der Waals surface area (Å²) < 4.78 is 5.31. The number of nitrogens with one attached hydrogen (secondary N) is 1. The number of carbonyl (C=O) groups is 2. The summed E-state index contributed by atoms with van der Waals surface area (Å²) in [6, 6.07) is 3.97. The second kappa shape index (κ2) is 11.1. The number of rotatable bonds is 8. The van der Waals surface area contributed by atoms with Gasteiger partial charge in [-0.2, -0.15) is 0 Å². The molecule has 0 radical (unpaired) electrons. The Morgan fingerprint density at radius 1 is 1.09 bits per heavy atom. The largest absolute Gasteiger partial charge is 0.444 e. The summed E-state index contributed by atoms with van der Waals surface area (Å²) >= 11 is 0.